The van der Waals surface area contributed by atoms with Crippen LogP contribution in [0, 0.1) is 5.92 Å². The van der Waals surface area contributed by atoms with Gasteiger partial charge in [0, 0.05) is 19.1 Å². The van der Waals surface area contributed by atoms with Crippen LogP contribution in [-0.4, -0.2) is 30.9 Å². The molecule has 1 amide bonds. The van der Waals surface area contributed by atoms with Gasteiger partial charge in [0.15, 0.2) is 5.78 Å². The second-order valence-electron chi connectivity index (χ2n) is 3.73. The van der Waals surface area contributed by atoms with Crippen LogP contribution >= 0.6 is 0 Å². The number of carbonyl (C=O) groups is 2. The molecular weight excluding hydrogens is 182 g/mol. The van der Waals surface area contributed by atoms with Crippen LogP contribution in [0.2, 0.25) is 0 Å². The molecule has 0 aromatic heterocycles. The largest absolute Gasteiger partial charge is 0.381 e. The molecule has 1 atom stereocenters. The Bertz CT molecular complexity index is 221. The van der Waals surface area contributed by atoms with E-state index >= 15 is 0 Å². The van der Waals surface area contributed by atoms with Crippen LogP contribution in [-0.2, 0) is 14.3 Å². The van der Waals surface area contributed by atoms with Gasteiger partial charge in [-0.1, -0.05) is 0 Å². The van der Waals surface area contributed by atoms with Gasteiger partial charge in [-0.05, 0) is 26.7 Å². The maximum absolute atomic E-state index is 11.6. The lowest BCUT2D eigenvalue weighted by Gasteiger charge is -2.22. The van der Waals surface area contributed by atoms with E-state index in [4.69, 9.17) is 4.74 Å². The summed E-state index contributed by atoms with van der Waals surface area (Å²) in [6.07, 6.45) is 1.52. The number of Topliss-reactive ketones (excluding diaryl/α,β-unsaturated/α-hetero) is 1. The van der Waals surface area contributed by atoms with Gasteiger partial charge in [-0.15, -0.1) is 0 Å². The molecule has 1 rings (SSSR count). The first kappa shape index (κ1) is 11.2. The zero-order chi connectivity index (χ0) is 10.6. The second-order valence-corrected chi connectivity index (χ2v) is 3.73. The number of hydrogen-bond donors (Lipinski definition) is 1. The Hall–Kier alpha value is -0.900. The predicted octanol–water partition coefficient (Wildman–Crippen LogP) is 0.507. The Labute approximate surface area is 84.0 Å². The number of ketones is 1. The molecule has 4 heteroatoms. The quantitative estimate of drug-likeness (QED) is 0.720. The van der Waals surface area contributed by atoms with Crippen molar-refractivity contribution in [1.82, 2.24) is 5.32 Å². The molecule has 0 aromatic rings. The Morgan fingerprint density at radius 1 is 1.36 bits per heavy atom. The summed E-state index contributed by atoms with van der Waals surface area (Å²) in [5.41, 5.74) is 0. The van der Waals surface area contributed by atoms with Crippen LogP contribution < -0.4 is 5.32 Å². The minimum Gasteiger partial charge on any atom is -0.381 e. The summed E-state index contributed by atoms with van der Waals surface area (Å²) in [5.74, 6) is -0.00744. The molecule has 0 aliphatic carbocycles. The lowest BCUT2D eigenvalue weighted by Crippen LogP contribution is -2.42. The Kier molecular flexibility index (Phi) is 4.07. The fourth-order valence-corrected chi connectivity index (χ4v) is 1.39. The molecule has 80 valence electrons. The van der Waals surface area contributed by atoms with Gasteiger partial charge >= 0.3 is 0 Å². The lowest BCUT2D eigenvalue weighted by atomic mass is 9.99. The van der Waals surface area contributed by atoms with E-state index < -0.39 is 0 Å². The smallest absolute Gasteiger partial charge is 0.223 e. The highest BCUT2D eigenvalue weighted by Gasteiger charge is 2.23. The number of ether oxygens (including phenoxy) is 1. The number of rotatable bonds is 3. The minimum absolute atomic E-state index is 0.00888. The summed E-state index contributed by atoms with van der Waals surface area (Å²) in [7, 11) is 0. The topological polar surface area (TPSA) is 55.4 Å². The van der Waals surface area contributed by atoms with Crippen molar-refractivity contribution in [3.8, 4) is 0 Å². The van der Waals surface area contributed by atoms with Gasteiger partial charge in [0.1, 0.15) is 0 Å². The van der Waals surface area contributed by atoms with Gasteiger partial charge in [0.05, 0.1) is 6.04 Å². The van der Waals surface area contributed by atoms with E-state index in [9.17, 15) is 9.59 Å². The van der Waals surface area contributed by atoms with Crippen molar-refractivity contribution >= 4 is 11.7 Å². The zero-order valence-corrected chi connectivity index (χ0v) is 8.71. The Balaban J connectivity index is 2.36. The fourth-order valence-electron chi connectivity index (χ4n) is 1.39. The summed E-state index contributed by atoms with van der Waals surface area (Å²) < 4.78 is 5.16. The summed E-state index contributed by atoms with van der Waals surface area (Å²) >= 11 is 0. The molecule has 0 saturated carbocycles. The molecule has 14 heavy (non-hydrogen) atoms. The van der Waals surface area contributed by atoms with E-state index in [2.05, 4.69) is 5.32 Å². The molecule has 0 radical (unpaired) electrons. The van der Waals surface area contributed by atoms with Gasteiger partial charge in [-0.3, -0.25) is 9.59 Å². The highest BCUT2D eigenvalue weighted by Crippen LogP contribution is 2.14. The summed E-state index contributed by atoms with van der Waals surface area (Å²) in [6.45, 7) is 4.48. The maximum Gasteiger partial charge on any atom is 0.223 e. The number of amides is 1. The average molecular weight is 199 g/mol. The Morgan fingerprint density at radius 2 is 1.93 bits per heavy atom. The highest BCUT2D eigenvalue weighted by molar-refractivity contribution is 5.87. The molecule has 0 bridgehead atoms. The van der Waals surface area contributed by atoms with Crippen molar-refractivity contribution < 1.29 is 14.3 Å². The minimum atomic E-state index is -0.370. The van der Waals surface area contributed by atoms with E-state index in [1.807, 2.05) is 0 Å². The molecule has 1 heterocycles. The van der Waals surface area contributed by atoms with Crippen molar-refractivity contribution in [3.05, 3.63) is 0 Å². The van der Waals surface area contributed by atoms with E-state index in [1.54, 1.807) is 6.92 Å². The van der Waals surface area contributed by atoms with E-state index in [1.165, 1.54) is 6.92 Å². The fraction of sp³-hybridized carbons (Fsp3) is 0.800. The first-order valence-corrected chi connectivity index (χ1v) is 5.00. The normalized spacial score (nSPS) is 20.1. The molecule has 1 unspecified atom stereocenters. The molecular formula is C10H17NO3. The van der Waals surface area contributed by atoms with Crippen LogP contribution in [0.25, 0.3) is 0 Å². The van der Waals surface area contributed by atoms with E-state index in [-0.39, 0.29) is 23.7 Å². The van der Waals surface area contributed by atoms with Gasteiger partial charge in [-0.2, -0.15) is 0 Å². The van der Waals surface area contributed by atoms with Crippen LogP contribution in [0.1, 0.15) is 26.7 Å². The number of hydrogen-bond acceptors (Lipinski definition) is 3. The third kappa shape index (κ3) is 3.10. The van der Waals surface area contributed by atoms with Gasteiger partial charge < -0.3 is 10.1 Å². The molecule has 4 nitrogen and oxygen atoms in total. The molecule has 0 aromatic carbocycles. The van der Waals surface area contributed by atoms with Crippen molar-refractivity contribution in [2.75, 3.05) is 13.2 Å². The molecule has 1 fully saturated rings. The lowest BCUT2D eigenvalue weighted by molar-refractivity contribution is -0.131. The van der Waals surface area contributed by atoms with Crippen LogP contribution in [0.15, 0.2) is 0 Å². The highest BCUT2D eigenvalue weighted by atomic mass is 16.5. The molecule has 1 saturated heterocycles. The summed E-state index contributed by atoms with van der Waals surface area (Å²) in [6, 6.07) is -0.370. The van der Waals surface area contributed by atoms with Crippen molar-refractivity contribution in [1.29, 1.82) is 0 Å². The molecule has 1 aliphatic heterocycles. The number of carbonyl (C=O) groups excluding carboxylic acids is 2. The number of nitrogens with one attached hydrogen (secondary N) is 1. The van der Waals surface area contributed by atoms with Crippen LogP contribution in [0.5, 0.6) is 0 Å². The monoisotopic (exact) mass is 199 g/mol. The first-order valence-electron chi connectivity index (χ1n) is 5.00. The van der Waals surface area contributed by atoms with Gasteiger partial charge in [-0.25, -0.2) is 0 Å². The van der Waals surface area contributed by atoms with E-state index in [0.29, 0.717) is 13.2 Å². The van der Waals surface area contributed by atoms with Gasteiger partial charge in [0.2, 0.25) is 5.91 Å². The van der Waals surface area contributed by atoms with Crippen molar-refractivity contribution in [3.63, 3.8) is 0 Å². The molecule has 1 N–H and O–H groups in total. The second kappa shape index (κ2) is 5.10. The average Bonchev–Trinajstić information content (AvgIpc) is 2.19. The summed E-state index contributed by atoms with van der Waals surface area (Å²) in [5, 5.41) is 2.70. The predicted molar refractivity (Wildman–Crippen MR) is 51.8 cm³/mol. The third-order valence-electron chi connectivity index (χ3n) is 2.56. The first-order chi connectivity index (χ1) is 6.61. The zero-order valence-electron chi connectivity index (χ0n) is 8.71. The van der Waals surface area contributed by atoms with Gasteiger partial charge in [0.25, 0.3) is 0 Å². The molecule has 1 aliphatic rings. The van der Waals surface area contributed by atoms with Crippen molar-refractivity contribution in [2.45, 2.75) is 32.7 Å². The maximum atomic E-state index is 11.6. The van der Waals surface area contributed by atoms with Crippen molar-refractivity contribution in [2.24, 2.45) is 5.92 Å². The third-order valence-corrected chi connectivity index (χ3v) is 2.56. The standard InChI is InChI=1S/C10H17NO3/c1-7(8(2)12)11-10(13)9-3-5-14-6-4-9/h7,9H,3-6H2,1-2H3,(H,11,13). The Morgan fingerprint density at radius 3 is 2.43 bits per heavy atom. The van der Waals surface area contributed by atoms with Crippen LogP contribution in [0.3, 0.4) is 0 Å². The SMILES string of the molecule is CC(=O)C(C)NC(=O)C1CCOCC1. The summed E-state index contributed by atoms with van der Waals surface area (Å²) in [4.78, 5) is 22.5. The molecule has 0 spiro atoms. The van der Waals surface area contributed by atoms with E-state index in [0.717, 1.165) is 12.8 Å². The van der Waals surface area contributed by atoms with Crippen LogP contribution in [0.4, 0.5) is 0 Å².